The molecule has 4 aromatic rings. The Labute approximate surface area is 207 Å². The van der Waals surface area contributed by atoms with Gasteiger partial charge in [0.2, 0.25) is 11.8 Å². The molecule has 2 aromatic carbocycles. The molecule has 2 amide bonds. The van der Waals surface area contributed by atoms with E-state index < -0.39 is 0 Å². The second kappa shape index (κ2) is 10.3. The number of aryl methyl sites for hydroxylation is 4. The van der Waals surface area contributed by atoms with Gasteiger partial charge < -0.3 is 10.6 Å². The van der Waals surface area contributed by atoms with Gasteiger partial charge in [0.25, 0.3) is 0 Å². The summed E-state index contributed by atoms with van der Waals surface area (Å²) in [6.07, 6.45) is 0.138. The number of aromatic nitrogens is 2. The third kappa shape index (κ3) is 5.76. The van der Waals surface area contributed by atoms with Gasteiger partial charge >= 0.3 is 0 Å². The van der Waals surface area contributed by atoms with Crippen molar-refractivity contribution in [2.45, 2.75) is 40.5 Å². The number of amides is 2. The summed E-state index contributed by atoms with van der Waals surface area (Å²) in [4.78, 5) is 33.7. The highest BCUT2D eigenvalue weighted by Gasteiger charge is 2.13. The van der Waals surface area contributed by atoms with Crippen LogP contribution in [-0.2, 0) is 9.59 Å². The average molecular weight is 491 g/mol. The summed E-state index contributed by atoms with van der Waals surface area (Å²) in [6.45, 7) is 8.20. The predicted molar refractivity (Wildman–Crippen MR) is 141 cm³/mol. The summed E-state index contributed by atoms with van der Waals surface area (Å²) in [6, 6.07) is 12.4. The fourth-order valence-electron chi connectivity index (χ4n) is 3.70. The van der Waals surface area contributed by atoms with Crippen LogP contribution in [0.25, 0.3) is 22.5 Å². The first kappa shape index (κ1) is 23.8. The molecule has 34 heavy (non-hydrogen) atoms. The number of carbonyl (C=O) groups excluding carboxylic acids is 2. The van der Waals surface area contributed by atoms with Gasteiger partial charge in [0.05, 0.1) is 11.4 Å². The van der Waals surface area contributed by atoms with Gasteiger partial charge in [0.1, 0.15) is 0 Å². The van der Waals surface area contributed by atoms with Crippen LogP contribution in [0.3, 0.4) is 0 Å². The van der Waals surface area contributed by atoms with Crippen LogP contribution in [0.2, 0.25) is 0 Å². The van der Waals surface area contributed by atoms with E-state index in [1.807, 2.05) is 48.9 Å². The fourth-order valence-corrected chi connectivity index (χ4v) is 5.16. The van der Waals surface area contributed by atoms with Gasteiger partial charge in [0, 0.05) is 34.7 Å². The molecule has 6 nitrogen and oxygen atoms in total. The Morgan fingerprint density at radius 3 is 1.50 bits per heavy atom. The molecule has 2 aromatic heterocycles. The first-order valence-electron chi connectivity index (χ1n) is 10.9. The van der Waals surface area contributed by atoms with Crippen LogP contribution in [-0.4, -0.2) is 21.8 Å². The maximum atomic E-state index is 12.3. The number of thiazole rings is 2. The lowest BCUT2D eigenvalue weighted by atomic mass is 10.0. The summed E-state index contributed by atoms with van der Waals surface area (Å²) in [7, 11) is 0. The molecule has 0 saturated heterocycles. The predicted octanol–water partition coefficient (Wildman–Crippen LogP) is 6.52. The first-order valence-corrected chi connectivity index (χ1v) is 12.7. The summed E-state index contributed by atoms with van der Waals surface area (Å²) < 4.78 is 0. The molecule has 0 aliphatic heterocycles. The first-order chi connectivity index (χ1) is 16.3. The lowest BCUT2D eigenvalue weighted by Gasteiger charge is -2.04. The van der Waals surface area contributed by atoms with Crippen molar-refractivity contribution in [3.8, 4) is 22.5 Å². The van der Waals surface area contributed by atoms with Gasteiger partial charge in [0.15, 0.2) is 10.3 Å². The number of hydrogen-bond acceptors (Lipinski definition) is 6. The van der Waals surface area contributed by atoms with E-state index in [2.05, 4.69) is 46.6 Å². The highest BCUT2D eigenvalue weighted by Crippen LogP contribution is 2.29. The Hall–Kier alpha value is -3.36. The third-order valence-electron chi connectivity index (χ3n) is 5.40. The van der Waals surface area contributed by atoms with Gasteiger partial charge in [-0.3, -0.25) is 9.59 Å². The van der Waals surface area contributed by atoms with Crippen LogP contribution in [0.1, 0.15) is 35.1 Å². The second-order valence-electron chi connectivity index (χ2n) is 8.31. The van der Waals surface area contributed by atoms with E-state index in [1.165, 1.54) is 33.8 Å². The SMILES string of the molecule is Cc1ccc(-c2csc(NC(=O)CCC(=O)Nc3nc(-c4ccc(C)cc4C)cs3)n2)c(C)c1. The molecule has 2 heterocycles. The van der Waals surface area contributed by atoms with E-state index >= 15 is 0 Å². The highest BCUT2D eigenvalue weighted by molar-refractivity contribution is 7.14. The zero-order valence-electron chi connectivity index (χ0n) is 19.6. The highest BCUT2D eigenvalue weighted by atomic mass is 32.1. The lowest BCUT2D eigenvalue weighted by Crippen LogP contribution is -2.17. The minimum Gasteiger partial charge on any atom is -0.302 e. The molecule has 0 aliphatic rings. The van der Waals surface area contributed by atoms with E-state index in [0.29, 0.717) is 10.3 Å². The fraction of sp³-hybridized carbons (Fsp3) is 0.231. The lowest BCUT2D eigenvalue weighted by molar-refractivity contribution is -0.121. The van der Waals surface area contributed by atoms with Crippen molar-refractivity contribution < 1.29 is 9.59 Å². The number of nitrogens with zero attached hydrogens (tertiary/aromatic N) is 2. The minimum absolute atomic E-state index is 0.0691. The molecule has 0 radical (unpaired) electrons. The summed E-state index contributed by atoms with van der Waals surface area (Å²) >= 11 is 2.75. The number of benzene rings is 2. The van der Waals surface area contributed by atoms with Gasteiger partial charge in [-0.05, 0) is 38.8 Å². The number of carbonyl (C=O) groups is 2. The topological polar surface area (TPSA) is 84.0 Å². The Bertz CT molecular complexity index is 1250. The molecule has 0 atom stereocenters. The van der Waals surface area contributed by atoms with Crippen molar-refractivity contribution in [2.75, 3.05) is 10.6 Å². The summed E-state index contributed by atoms with van der Waals surface area (Å²) in [5, 5.41) is 10.5. The van der Waals surface area contributed by atoms with E-state index in [0.717, 1.165) is 33.6 Å². The smallest absolute Gasteiger partial charge is 0.226 e. The van der Waals surface area contributed by atoms with Gasteiger partial charge in [-0.15, -0.1) is 22.7 Å². The quantitative estimate of drug-likeness (QED) is 0.309. The summed E-state index contributed by atoms with van der Waals surface area (Å²) in [5.74, 6) is -0.487. The molecule has 0 saturated carbocycles. The molecule has 4 rings (SSSR count). The van der Waals surface area contributed by atoms with E-state index in [4.69, 9.17) is 0 Å². The molecule has 0 unspecified atom stereocenters. The van der Waals surface area contributed by atoms with Crippen molar-refractivity contribution in [3.05, 3.63) is 69.4 Å². The largest absolute Gasteiger partial charge is 0.302 e. The summed E-state index contributed by atoms with van der Waals surface area (Å²) in [5.41, 5.74) is 8.43. The van der Waals surface area contributed by atoms with E-state index in [9.17, 15) is 9.59 Å². The maximum absolute atomic E-state index is 12.3. The van der Waals surface area contributed by atoms with Crippen molar-refractivity contribution in [1.29, 1.82) is 0 Å². The minimum atomic E-state index is -0.244. The number of rotatable bonds is 7. The monoisotopic (exact) mass is 490 g/mol. The van der Waals surface area contributed by atoms with Crippen molar-refractivity contribution in [1.82, 2.24) is 9.97 Å². The molecule has 2 N–H and O–H groups in total. The second-order valence-corrected chi connectivity index (χ2v) is 10.0. The van der Waals surface area contributed by atoms with Crippen LogP contribution in [0, 0.1) is 27.7 Å². The Kier molecular flexibility index (Phi) is 7.19. The van der Waals surface area contributed by atoms with Crippen LogP contribution >= 0.6 is 22.7 Å². The third-order valence-corrected chi connectivity index (χ3v) is 6.91. The number of anilines is 2. The molecule has 0 aliphatic carbocycles. The molecule has 174 valence electrons. The Morgan fingerprint density at radius 2 is 1.12 bits per heavy atom. The molecule has 0 bridgehead atoms. The average Bonchev–Trinajstić information content (AvgIpc) is 3.42. The molecule has 8 heteroatoms. The van der Waals surface area contributed by atoms with Crippen molar-refractivity contribution in [2.24, 2.45) is 0 Å². The normalized spacial score (nSPS) is 10.8. The van der Waals surface area contributed by atoms with Gasteiger partial charge in [-0.2, -0.15) is 0 Å². The molecular weight excluding hydrogens is 464 g/mol. The van der Waals surface area contributed by atoms with Gasteiger partial charge in [-0.1, -0.05) is 47.5 Å². The maximum Gasteiger partial charge on any atom is 0.226 e. The van der Waals surface area contributed by atoms with Crippen LogP contribution in [0.4, 0.5) is 10.3 Å². The Morgan fingerprint density at radius 1 is 0.706 bits per heavy atom. The van der Waals surface area contributed by atoms with E-state index in [-0.39, 0.29) is 24.7 Å². The van der Waals surface area contributed by atoms with Crippen LogP contribution in [0.5, 0.6) is 0 Å². The Balaban J connectivity index is 1.29. The zero-order valence-corrected chi connectivity index (χ0v) is 21.2. The molecule has 0 spiro atoms. The van der Waals surface area contributed by atoms with Gasteiger partial charge in [-0.25, -0.2) is 9.97 Å². The molecular formula is C26H26N4O2S2. The molecule has 0 fully saturated rings. The van der Waals surface area contributed by atoms with Crippen LogP contribution < -0.4 is 10.6 Å². The standard InChI is InChI=1S/C26H26N4O2S2/c1-15-5-7-19(17(3)11-15)21-13-33-25(27-21)29-23(31)9-10-24(32)30-26-28-22(14-34-26)20-8-6-16(2)12-18(20)4/h5-8,11-14H,9-10H2,1-4H3,(H,27,29,31)(H,28,30,32). The number of hydrogen-bond donors (Lipinski definition) is 2. The van der Waals surface area contributed by atoms with Crippen molar-refractivity contribution in [3.63, 3.8) is 0 Å². The van der Waals surface area contributed by atoms with E-state index in [1.54, 1.807) is 0 Å². The van der Waals surface area contributed by atoms with Crippen LogP contribution in [0.15, 0.2) is 47.2 Å². The van der Waals surface area contributed by atoms with Crippen molar-refractivity contribution >= 4 is 44.8 Å². The zero-order chi connectivity index (χ0) is 24.2. The number of nitrogens with one attached hydrogen (secondary N) is 2.